The van der Waals surface area contributed by atoms with Gasteiger partial charge in [-0.3, -0.25) is 13.9 Å². The number of sulfonamides is 1. The van der Waals surface area contributed by atoms with Gasteiger partial charge in [0.2, 0.25) is 11.8 Å². The van der Waals surface area contributed by atoms with E-state index in [1.807, 2.05) is 30.3 Å². The van der Waals surface area contributed by atoms with E-state index in [9.17, 15) is 18.0 Å². The Labute approximate surface area is 280 Å². The summed E-state index contributed by atoms with van der Waals surface area (Å²) in [4.78, 5) is 30.0. The van der Waals surface area contributed by atoms with E-state index < -0.39 is 34.3 Å². The molecule has 48 heavy (non-hydrogen) atoms. The van der Waals surface area contributed by atoms with Crippen LogP contribution in [0, 0.1) is 5.82 Å². The molecule has 0 radical (unpaired) electrons. The lowest BCUT2D eigenvalue weighted by atomic mass is 10.0. The quantitative estimate of drug-likeness (QED) is 0.214. The van der Waals surface area contributed by atoms with Gasteiger partial charge in [-0.25, -0.2) is 12.8 Å². The molecule has 2 amide bonds. The van der Waals surface area contributed by atoms with Crippen LogP contribution in [0.3, 0.4) is 0 Å². The molecule has 9 nitrogen and oxygen atoms in total. The van der Waals surface area contributed by atoms with Crippen molar-refractivity contribution < 1.29 is 31.9 Å². The topological polar surface area (TPSA) is 105 Å². The minimum atomic E-state index is -4.30. The van der Waals surface area contributed by atoms with Crippen LogP contribution in [0.25, 0.3) is 0 Å². The summed E-state index contributed by atoms with van der Waals surface area (Å²) in [6.45, 7) is -0.267. The maximum Gasteiger partial charge on any atom is 0.264 e. The third-order valence-electron chi connectivity index (χ3n) is 8.69. The van der Waals surface area contributed by atoms with Gasteiger partial charge in [0.15, 0.2) is 11.5 Å². The summed E-state index contributed by atoms with van der Waals surface area (Å²) in [6, 6.07) is 26.8. The Balaban J connectivity index is 1.41. The highest BCUT2D eigenvalue weighted by molar-refractivity contribution is 7.92. The van der Waals surface area contributed by atoms with Crippen LogP contribution in [0.1, 0.15) is 36.8 Å². The smallest absolute Gasteiger partial charge is 0.264 e. The summed E-state index contributed by atoms with van der Waals surface area (Å²) >= 11 is 0. The number of nitrogens with one attached hydrogen (secondary N) is 1. The van der Waals surface area contributed by atoms with Gasteiger partial charge >= 0.3 is 0 Å². The van der Waals surface area contributed by atoms with E-state index in [-0.39, 0.29) is 47.7 Å². The molecule has 1 atom stereocenters. The Morgan fingerprint density at radius 2 is 1.48 bits per heavy atom. The molecule has 0 saturated heterocycles. The van der Waals surface area contributed by atoms with Crippen LogP contribution in [0.2, 0.25) is 0 Å². The summed E-state index contributed by atoms with van der Waals surface area (Å²) < 4.78 is 56.0. The number of fused-ring (bicyclic) bond motifs is 1. The molecule has 4 aromatic carbocycles. The Hall–Kier alpha value is -4.90. The number of anilines is 1. The van der Waals surface area contributed by atoms with Gasteiger partial charge < -0.3 is 19.7 Å². The summed E-state index contributed by atoms with van der Waals surface area (Å²) in [5.41, 5.74) is 1.18. The zero-order valence-corrected chi connectivity index (χ0v) is 27.3. The average molecular weight is 672 g/mol. The molecule has 11 heteroatoms. The second kappa shape index (κ2) is 14.9. The average Bonchev–Trinajstić information content (AvgIpc) is 3.63. The number of hydrogen-bond donors (Lipinski definition) is 1. The number of nitrogens with zero attached hydrogens (tertiary/aromatic N) is 2. The molecule has 6 rings (SSSR count). The van der Waals surface area contributed by atoms with Crippen molar-refractivity contribution in [3.63, 3.8) is 0 Å². The van der Waals surface area contributed by atoms with E-state index in [4.69, 9.17) is 9.47 Å². The number of benzene rings is 4. The lowest BCUT2D eigenvalue weighted by Gasteiger charge is -2.34. The maximum atomic E-state index is 15.2. The number of hydrogen-bond acceptors (Lipinski definition) is 6. The zero-order valence-electron chi connectivity index (χ0n) is 26.5. The van der Waals surface area contributed by atoms with Gasteiger partial charge in [-0.15, -0.1) is 0 Å². The fraction of sp³-hybridized carbons (Fsp3) is 0.297. The second-order valence-electron chi connectivity index (χ2n) is 12.0. The van der Waals surface area contributed by atoms with E-state index in [1.165, 1.54) is 29.2 Å². The van der Waals surface area contributed by atoms with Gasteiger partial charge in [-0.2, -0.15) is 0 Å². The molecule has 0 unspecified atom stereocenters. The minimum absolute atomic E-state index is 0.0202. The summed E-state index contributed by atoms with van der Waals surface area (Å²) in [5, 5.41) is 3.12. The first-order valence-electron chi connectivity index (χ1n) is 16.1. The molecule has 0 spiro atoms. The normalized spacial score (nSPS) is 15.0. The van der Waals surface area contributed by atoms with Crippen molar-refractivity contribution in [3.05, 3.63) is 120 Å². The molecule has 0 bridgehead atoms. The van der Waals surface area contributed by atoms with E-state index >= 15 is 4.39 Å². The molecule has 0 aromatic heterocycles. The highest BCUT2D eigenvalue weighted by Gasteiger charge is 2.36. The minimum Gasteiger partial charge on any atom is -0.486 e. The van der Waals surface area contributed by atoms with Gasteiger partial charge in [0, 0.05) is 30.6 Å². The fourth-order valence-corrected chi connectivity index (χ4v) is 7.59. The van der Waals surface area contributed by atoms with Gasteiger partial charge in [-0.05, 0) is 48.7 Å². The zero-order chi connectivity index (χ0) is 33.5. The van der Waals surface area contributed by atoms with Crippen molar-refractivity contribution in [2.75, 3.05) is 24.1 Å². The van der Waals surface area contributed by atoms with Gasteiger partial charge in [-0.1, -0.05) is 79.6 Å². The van der Waals surface area contributed by atoms with Crippen LogP contribution in [0.15, 0.2) is 108 Å². The van der Waals surface area contributed by atoms with E-state index in [2.05, 4.69) is 5.32 Å². The Bertz CT molecular complexity index is 1830. The fourth-order valence-electron chi connectivity index (χ4n) is 6.17. The third kappa shape index (κ3) is 7.62. The number of carbonyl (C=O) groups is 2. The molecule has 1 aliphatic heterocycles. The number of halogens is 1. The molecule has 1 aliphatic carbocycles. The van der Waals surface area contributed by atoms with Crippen LogP contribution < -0.4 is 19.1 Å². The van der Waals surface area contributed by atoms with Crippen LogP contribution in [0.4, 0.5) is 10.1 Å². The van der Waals surface area contributed by atoms with Crippen molar-refractivity contribution in [1.82, 2.24) is 10.2 Å². The molecular weight excluding hydrogens is 633 g/mol. The number of carbonyl (C=O) groups excluding carboxylic acids is 2. The Morgan fingerprint density at radius 1 is 0.833 bits per heavy atom. The molecule has 250 valence electrons. The van der Waals surface area contributed by atoms with E-state index in [1.54, 1.807) is 48.5 Å². The van der Waals surface area contributed by atoms with Crippen molar-refractivity contribution >= 4 is 27.5 Å². The van der Waals surface area contributed by atoms with Crippen LogP contribution in [0.5, 0.6) is 11.5 Å². The lowest BCUT2D eigenvalue weighted by molar-refractivity contribution is -0.140. The third-order valence-corrected chi connectivity index (χ3v) is 10.5. The molecule has 1 heterocycles. The van der Waals surface area contributed by atoms with Crippen LogP contribution in [-0.4, -0.2) is 57.0 Å². The second-order valence-corrected chi connectivity index (χ2v) is 13.8. The first-order valence-corrected chi connectivity index (χ1v) is 17.6. The number of rotatable bonds is 12. The van der Waals surface area contributed by atoms with Crippen molar-refractivity contribution in [2.45, 2.75) is 55.6 Å². The SMILES string of the molecule is O=C(NC1CCCC1)[C@@H](Cc1ccccc1)N(Cc1ccccc1F)C(=O)CN(c1ccc2c(c1)OCCO2)S(=O)(=O)c1ccccc1. The predicted octanol–water partition coefficient (Wildman–Crippen LogP) is 5.49. The molecule has 2 aliphatic rings. The Morgan fingerprint density at radius 3 is 2.19 bits per heavy atom. The molecule has 1 saturated carbocycles. The monoisotopic (exact) mass is 671 g/mol. The van der Waals surface area contributed by atoms with Gasteiger partial charge in [0.25, 0.3) is 10.0 Å². The van der Waals surface area contributed by atoms with E-state index in [0.717, 1.165) is 35.6 Å². The number of ether oxygens (including phenoxy) is 2. The van der Waals surface area contributed by atoms with Crippen LogP contribution >= 0.6 is 0 Å². The standard InChI is InChI=1S/C37H38FN3O6S/c38-32-18-10-7-13-28(32)25-40(33(23-27-11-3-1-4-12-27)37(43)39-29-14-8-9-15-29)36(42)26-41(48(44,45)31-16-5-2-6-17-31)30-19-20-34-35(24-30)47-22-21-46-34/h1-7,10-13,16-20,24,29,33H,8-9,14-15,21-23,25-26H2,(H,39,43)/t33-/m1/s1. The van der Waals surface area contributed by atoms with E-state index in [0.29, 0.717) is 18.1 Å². The molecule has 1 N–H and O–H groups in total. The van der Waals surface area contributed by atoms with Gasteiger partial charge in [0.05, 0.1) is 10.6 Å². The maximum absolute atomic E-state index is 15.2. The van der Waals surface area contributed by atoms with Crippen molar-refractivity contribution in [3.8, 4) is 11.5 Å². The summed E-state index contributed by atoms with van der Waals surface area (Å²) in [7, 11) is -4.30. The highest BCUT2D eigenvalue weighted by atomic mass is 32.2. The largest absolute Gasteiger partial charge is 0.486 e. The van der Waals surface area contributed by atoms with Crippen molar-refractivity contribution in [1.29, 1.82) is 0 Å². The summed E-state index contributed by atoms with van der Waals surface area (Å²) in [6.07, 6.45) is 3.80. The first-order chi connectivity index (χ1) is 23.3. The molecule has 1 fully saturated rings. The van der Waals surface area contributed by atoms with Crippen LogP contribution in [-0.2, 0) is 32.6 Å². The summed E-state index contributed by atoms with van der Waals surface area (Å²) in [5.74, 6) is -0.769. The lowest BCUT2D eigenvalue weighted by Crippen LogP contribution is -2.54. The van der Waals surface area contributed by atoms with Gasteiger partial charge in [0.1, 0.15) is 31.6 Å². The number of amides is 2. The van der Waals surface area contributed by atoms with Crippen molar-refractivity contribution in [2.24, 2.45) is 0 Å². The Kier molecular flexibility index (Phi) is 10.2. The molecule has 4 aromatic rings. The molecular formula is C37H38FN3O6S. The predicted molar refractivity (Wildman–Crippen MR) is 180 cm³/mol. The highest BCUT2D eigenvalue weighted by Crippen LogP contribution is 2.36. The first kappa shape index (κ1) is 33.0.